The van der Waals surface area contributed by atoms with Gasteiger partial charge >= 0.3 is 5.97 Å². The maximum Gasteiger partial charge on any atom is 0.307 e. The average molecular weight is 297 g/mol. The first-order valence-electron chi connectivity index (χ1n) is 6.36. The summed E-state index contributed by atoms with van der Waals surface area (Å²) in [7, 11) is 2.90. The number of hydrogen-bond acceptors (Lipinski definition) is 6. The number of carbonyl (C=O) groups excluding carboxylic acids is 3. The van der Waals surface area contributed by atoms with Gasteiger partial charge in [-0.2, -0.15) is 0 Å². The zero-order valence-electron chi connectivity index (χ0n) is 12.0. The molecule has 0 fully saturated rings. The van der Waals surface area contributed by atoms with Crippen molar-refractivity contribution < 1.29 is 19.1 Å². The Bertz CT molecular complexity index is 526. The molecular formula is C12H19N5O4. The Hall–Kier alpha value is -2.42. The fraction of sp³-hybridized carbons (Fsp3) is 0.500. The lowest BCUT2D eigenvalue weighted by Crippen LogP contribution is -2.28. The summed E-state index contributed by atoms with van der Waals surface area (Å²) < 4.78 is 5.94. The monoisotopic (exact) mass is 297 g/mol. The number of nitrogens with one attached hydrogen (secondary N) is 2. The van der Waals surface area contributed by atoms with Gasteiger partial charge in [0.25, 0.3) is 5.91 Å². The predicted octanol–water partition coefficient (Wildman–Crippen LogP) is -1.000. The third-order valence-electron chi connectivity index (χ3n) is 2.56. The molecule has 4 N–H and O–H groups in total. The highest BCUT2D eigenvalue weighted by molar-refractivity contribution is 5.93. The Morgan fingerprint density at radius 3 is 2.71 bits per heavy atom. The Labute approximate surface area is 121 Å². The van der Waals surface area contributed by atoms with Gasteiger partial charge in [0.15, 0.2) is 5.82 Å². The third-order valence-corrected chi connectivity index (χ3v) is 2.56. The Morgan fingerprint density at radius 1 is 1.38 bits per heavy atom. The fourth-order valence-electron chi connectivity index (χ4n) is 1.53. The van der Waals surface area contributed by atoms with E-state index in [2.05, 4.69) is 20.4 Å². The van der Waals surface area contributed by atoms with Gasteiger partial charge in [-0.3, -0.25) is 14.4 Å². The van der Waals surface area contributed by atoms with Crippen LogP contribution in [0.3, 0.4) is 0 Å². The molecule has 0 atom stereocenters. The highest BCUT2D eigenvalue weighted by Gasteiger charge is 2.15. The fourth-order valence-corrected chi connectivity index (χ4v) is 1.53. The number of aromatic nitrogens is 2. The van der Waals surface area contributed by atoms with Crippen LogP contribution in [0.25, 0.3) is 0 Å². The summed E-state index contributed by atoms with van der Waals surface area (Å²) in [6, 6.07) is 0. The number of hydrogen-bond donors (Lipinski definition) is 3. The number of anilines is 1. The van der Waals surface area contributed by atoms with Crippen LogP contribution in [0, 0.1) is 0 Å². The van der Waals surface area contributed by atoms with Crippen LogP contribution < -0.4 is 16.4 Å². The van der Waals surface area contributed by atoms with Gasteiger partial charge in [-0.25, -0.2) is 4.98 Å². The van der Waals surface area contributed by atoms with Crippen LogP contribution in [0.15, 0.2) is 6.20 Å². The van der Waals surface area contributed by atoms with Gasteiger partial charge in [0.05, 0.1) is 13.5 Å². The summed E-state index contributed by atoms with van der Waals surface area (Å²) >= 11 is 0. The first kappa shape index (κ1) is 16.6. The molecule has 0 aromatic carbocycles. The zero-order chi connectivity index (χ0) is 15.8. The van der Waals surface area contributed by atoms with Crippen molar-refractivity contribution in [2.45, 2.75) is 12.8 Å². The predicted molar refractivity (Wildman–Crippen MR) is 74.5 cm³/mol. The average Bonchev–Trinajstić information content (AvgIpc) is 2.79. The number of nitrogens with two attached hydrogens (primary N) is 1. The van der Waals surface area contributed by atoms with E-state index in [1.165, 1.54) is 17.9 Å². The van der Waals surface area contributed by atoms with E-state index in [9.17, 15) is 14.4 Å². The zero-order valence-corrected chi connectivity index (χ0v) is 12.0. The molecule has 1 rings (SSSR count). The van der Waals surface area contributed by atoms with Crippen molar-refractivity contribution in [2.24, 2.45) is 12.8 Å². The van der Waals surface area contributed by atoms with E-state index in [1.807, 2.05) is 0 Å². The summed E-state index contributed by atoms with van der Waals surface area (Å²) in [5.74, 6) is -0.726. The van der Waals surface area contributed by atoms with Crippen LogP contribution in [0.5, 0.6) is 0 Å². The number of imidazole rings is 1. The van der Waals surface area contributed by atoms with Gasteiger partial charge in [0.1, 0.15) is 0 Å². The van der Waals surface area contributed by atoms with Gasteiger partial charge < -0.3 is 25.7 Å². The lowest BCUT2D eigenvalue weighted by molar-refractivity contribution is -0.140. The number of carbonyl (C=O) groups is 3. The van der Waals surface area contributed by atoms with Crippen molar-refractivity contribution >= 4 is 23.6 Å². The minimum absolute atomic E-state index is 0.0761. The maximum absolute atomic E-state index is 11.9. The lowest BCUT2D eigenvalue weighted by Gasteiger charge is -2.03. The van der Waals surface area contributed by atoms with E-state index in [0.29, 0.717) is 0 Å². The standard InChI is InChI=1S/C12H19N5O4/c1-17-7-8(15-9(18)3-5-13)16-11(17)12(20)14-6-4-10(19)21-2/h7H,3-6,13H2,1-2H3,(H,14,20)(H,15,18). The molecule has 0 aliphatic carbocycles. The molecule has 0 saturated heterocycles. The van der Waals surface area contributed by atoms with Crippen molar-refractivity contribution in [1.82, 2.24) is 14.9 Å². The number of ether oxygens (including phenoxy) is 1. The molecule has 1 aromatic heterocycles. The van der Waals surface area contributed by atoms with Crippen LogP contribution in [0.4, 0.5) is 5.82 Å². The van der Waals surface area contributed by atoms with E-state index in [-0.39, 0.29) is 43.5 Å². The van der Waals surface area contributed by atoms with Crippen molar-refractivity contribution in [2.75, 3.05) is 25.5 Å². The van der Waals surface area contributed by atoms with Gasteiger partial charge in [0, 0.05) is 32.8 Å². The minimum atomic E-state index is -0.444. The van der Waals surface area contributed by atoms with Gasteiger partial charge in [-0.15, -0.1) is 0 Å². The SMILES string of the molecule is COC(=O)CCNC(=O)c1nc(NC(=O)CCN)cn1C. The molecule has 0 radical (unpaired) electrons. The molecule has 116 valence electrons. The molecule has 1 heterocycles. The number of esters is 1. The van der Waals surface area contributed by atoms with E-state index in [0.717, 1.165) is 0 Å². The van der Waals surface area contributed by atoms with E-state index >= 15 is 0 Å². The summed E-state index contributed by atoms with van der Waals surface area (Å²) in [6.07, 6.45) is 1.77. The quantitative estimate of drug-likeness (QED) is 0.554. The van der Waals surface area contributed by atoms with Gasteiger partial charge in [-0.1, -0.05) is 0 Å². The summed E-state index contributed by atoms with van der Waals surface area (Å²) in [6.45, 7) is 0.382. The molecule has 21 heavy (non-hydrogen) atoms. The van der Waals surface area contributed by atoms with Gasteiger partial charge in [-0.05, 0) is 0 Å². The van der Waals surface area contributed by atoms with E-state index in [1.54, 1.807) is 7.05 Å². The molecule has 0 spiro atoms. The van der Waals surface area contributed by atoms with Crippen molar-refractivity contribution in [3.8, 4) is 0 Å². The molecule has 9 heteroatoms. The van der Waals surface area contributed by atoms with Crippen molar-refractivity contribution in [3.63, 3.8) is 0 Å². The highest BCUT2D eigenvalue weighted by Crippen LogP contribution is 2.07. The summed E-state index contributed by atoms with van der Waals surface area (Å²) in [5, 5.41) is 5.08. The second kappa shape index (κ2) is 8.00. The molecular weight excluding hydrogens is 278 g/mol. The number of methoxy groups -OCH3 is 1. The molecule has 0 aliphatic rings. The van der Waals surface area contributed by atoms with Crippen LogP contribution in [0.1, 0.15) is 23.5 Å². The van der Waals surface area contributed by atoms with Crippen LogP contribution in [-0.2, 0) is 21.4 Å². The number of nitrogens with zero attached hydrogens (tertiary/aromatic N) is 2. The summed E-state index contributed by atoms with van der Waals surface area (Å²) in [5.41, 5.74) is 5.27. The normalized spacial score (nSPS) is 10.0. The smallest absolute Gasteiger partial charge is 0.307 e. The first-order chi connectivity index (χ1) is 9.97. The largest absolute Gasteiger partial charge is 0.469 e. The molecule has 0 aliphatic heterocycles. The van der Waals surface area contributed by atoms with Crippen LogP contribution in [-0.4, -0.2) is 47.5 Å². The second-order valence-corrected chi connectivity index (χ2v) is 4.23. The molecule has 9 nitrogen and oxygen atoms in total. The van der Waals surface area contributed by atoms with E-state index in [4.69, 9.17) is 5.73 Å². The Balaban J connectivity index is 2.58. The Kier molecular flexibility index (Phi) is 6.34. The number of aryl methyl sites for hydroxylation is 1. The van der Waals surface area contributed by atoms with Crippen LogP contribution in [0.2, 0.25) is 0 Å². The summed E-state index contributed by atoms with van der Waals surface area (Å²) in [4.78, 5) is 38.2. The molecule has 2 amide bonds. The number of amides is 2. The molecule has 0 bridgehead atoms. The Morgan fingerprint density at radius 2 is 2.10 bits per heavy atom. The van der Waals surface area contributed by atoms with Crippen molar-refractivity contribution in [1.29, 1.82) is 0 Å². The second-order valence-electron chi connectivity index (χ2n) is 4.23. The lowest BCUT2D eigenvalue weighted by atomic mass is 10.4. The molecule has 0 unspecified atom stereocenters. The highest BCUT2D eigenvalue weighted by atomic mass is 16.5. The topological polar surface area (TPSA) is 128 Å². The first-order valence-corrected chi connectivity index (χ1v) is 6.36. The number of rotatable bonds is 7. The molecule has 1 aromatic rings. The molecule has 0 saturated carbocycles. The third kappa shape index (κ3) is 5.22. The van der Waals surface area contributed by atoms with E-state index < -0.39 is 11.9 Å². The van der Waals surface area contributed by atoms with Gasteiger partial charge in [0.2, 0.25) is 11.7 Å². The van der Waals surface area contributed by atoms with Crippen LogP contribution >= 0.6 is 0 Å². The minimum Gasteiger partial charge on any atom is -0.469 e. The van der Waals surface area contributed by atoms with Crippen molar-refractivity contribution in [3.05, 3.63) is 12.0 Å². The maximum atomic E-state index is 11.9.